The van der Waals surface area contributed by atoms with Crippen LogP contribution in [0.25, 0.3) is 0 Å². The molecule has 2 aromatic rings. The highest BCUT2D eigenvalue weighted by Crippen LogP contribution is 2.32. The molecule has 1 fully saturated rings. The molecule has 158 valence electrons. The zero-order chi connectivity index (χ0) is 21.1. The molecule has 0 radical (unpaired) electrons. The number of aryl methyl sites for hydroxylation is 2. The number of pyridine rings is 1. The van der Waals surface area contributed by atoms with Gasteiger partial charge in [0.15, 0.2) is 0 Å². The van der Waals surface area contributed by atoms with E-state index in [1.165, 1.54) is 30.6 Å². The number of carbonyl (C=O) groups is 1. The number of aromatic amines is 1. The van der Waals surface area contributed by atoms with Gasteiger partial charge >= 0.3 is 0 Å². The third kappa shape index (κ3) is 5.17. The van der Waals surface area contributed by atoms with Crippen molar-refractivity contribution in [2.45, 2.75) is 65.5 Å². The smallest absolute Gasteiger partial charge is 0.253 e. The van der Waals surface area contributed by atoms with Gasteiger partial charge in [0.05, 0.1) is 5.56 Å². The largest absolute Gasteiger partial charge is 0.348 e. The normalized spacial score (nSPS) is 19.5. The average molecular weight is 416 g/mol. The second-order valence-corrected chi connectivity index (χ2v) is 9.63. The number of rotatable bonds is 6. The third-order valence-corrected chi connectivity index (χ3v) is 7.44. The quantitative estimate of drug-likeness (QED) is 0.751. The first-order valence-corrected chi connectivity index (χ1v) is 11.3. The molecule has 1 aliphatic carbocycles. The first-order valence-electron chi connectivity index (χ1n) is 10.5. The van der Waals surface area contributed by atoms with Crippen molar-refractivity contribution in [1.29, 1.82) is 0 Å². The van der Waals surface area contributed by atoms with Crippen molar-refractivity contribution in [2.24, 2.45) is 5.92 Å². The molecule has 0 aromatic carbocycles. The van der Waals surface area contributed by atoms with Crippen molar-refractivity contribution in [2.75, 3.05) is 14.1 Å². The van der Waals surface area contributed by atoms with Gasteiger partial charge in [-0.05, 0) is 90.1 Å². The zero-order valence-corrected chi connectivity index (χ0v) is 19.0. The minimum atomic E-state index is -0.126. The van der Waals surface area contributed by atoms with Crippen LogP contribution in [-0.2, 0) is 13.0 Å². The molecule has 0 spiro atoms. The van der Waals surface area contributed by atoms with Crippen LogP contribution in [0.1, 0.15) is 63.3 Å². The lowest BCUT2D eigenvalue weighted by atomic mass is 9.83. The minimum absolute atomic E-state index is 0.0966. The van der Waals surface area contributed by atoms with Gasteiger partial charge in [-0.3, -0.25) is 9.59 Å². The number of nitrogens with one attached hydrogen (secondary N) is 2. The molecule has 0 saturated heterocycles. The Morgan fingerprint density at radius 3 is 2.52 bits per heavy atom. The summed E-state index contributed by atoms with van der Waals surface area (Å²) in [4.78, 5) is 31.4. The molecule has 0 atom stereocenters. The molecular weight excluding hydrogens is 382 g/mol. The summed E-state index contributed by atoms with van der Waals surface area (Å²) in [6.07, 6.45) is 6.12. The highest BCUT2D eigenvalue weighted by atomic mass is 32.1. The first kappa shape index (κ1) is 21.8. The van der Waals surface area contributed by atoms with Gasteiger partial charge in [0.2, 0.25) is 0 Å². The fraction of sp³-hybridized carbons (Fsp3) is 0.565. The molecule has 6 heteroatoms. The molecule has 2 N–H and O–H groups in total. The Balaban J connectivity index is 1.60. The van der Waals surface area contributed by atoms with Gasteiger partial charge in [0, 0.05) is 34.1 Å². The molecule has 0 aliphatic heterocycles. The van der Waals surface area contributed by atoms with E-state index in [2.05, 4.69) is 36.2 Å². The molecular formula is C23H33N3O2S. The second kappa shape index (κ2) is 9.26. The number of hydrogen-bond acceptors (Lipinski definition) is 4. The van der Waals surface area contributed by atoms with E-state index in [1.54, 1.807) is 11.3 Å². The van der Waals surface area contributed by atoms with Crippen molar-refractivity contribution in [1.82, 2.24) is 15.2 Å². The highest BCUT2D eigenvalue weighted by molar-refractivity contribution is 7.10. The topological polar surface area (TPSA) is 65.2 Å². The Labute approximate surface area is 177 Å². The van der Waals surface area contributed by atoms with E-state index < -0.39 is 0 Å². The molecule has 5 nitrogen and oxygen atoms in total. The van der Waals surface area contributed by atoms with Crippen molar-refractivity contribution < 1.29 is 4.79 Å². The number of H-pyrrole nitrogens is 1. The lowest BCUT2D eigenvalue weighted by molar-refractivity contribution is 0.0950. The number of carbonyl (C=O) groups excluding carboxylic acids is 1. The summed E-state index contributed by atoms with van der Waals surface area (Å²) in [5.74, 6) is 0.619. The summed E-state index contributed by atoms with van der Waals surface area (Å²) in [5, 5.41) is 4.90. The monoisotopic (exact) mass is 415 g/mol. The van der Waals surface area contributed by atoms with E-state index in [4.69, 9.17) is 0 Å². The molecule has 2 heterocycles. The molecule has 1 aliphatic rings. The molecule has 3 rings (SSSR count). The number of thiophene rings is 1. The third-order valence-electron chi connectivity index (χ3n) is 6.33. The van der Waals surface area contributed by atoms with E-state index in [-0.39, 0.29) is 18.0 Å². The van der Waals surface area contributed by atoms with Crippen LogP contribution in [0.2, 0.25) is 0 Å². The summed E-state index contributed by atoms with van der Waals surface area (Å²) < 4.78 is 0. The van der Waals surface area contributed by atoms with E-state index in [0.29, 0.717) is 17.5 Å². The van der Waals surface area contributed by atoms with Crippen LogP contribution in [0, 0.1) is 26.7 Å². The van der Waals surface area contributed by atoms with E-state index in [0.717, 1.165) is 28.8 Å². The van der Waals surface area contributed by atoms with E-state index in [9.17, 15) is 9.59 Å². The Morgan fingerprint density at radius 2 is 1.90 bits per heavy atom. The van der Waals surface area contributed by atoms with Crippen molar-refractivity contribution in [3.63, 3.8) is 0 Å². The SMILES string of the molecule is Cc1cc(C)c(CNC(=O)c2csc(CC3CCC(N(C)C)CC3)c2C)c(=O)[nH]1. The van der Waals surface area contributed by atoms with Crippen LogP contribution in [0.4, 0.5) is 0 Å². The maximum Gasteiger partial charge on any atom is 0.253 e. The van der Waals surface area contributed by atoms with Crippen LogP contribution in [0.5, 0.6) is 0 Å². The summed E-state index contributed by atoms with van der Waals surface area (Å²) >= 11 is 1.70. The van der Waals surface area contributed by atoms with Crippen LogP contribution in [-0.4, -0.2) is 35.9 Å². The molecule has 1 amide bonds. The Kier molecular flexibility index (Phi) is 6.96. The highest BCUT2D eigenvalue weighted by Gasteiger charge is 2.24. The predicted octanol–water partition coefficient (Wildman–Crippen LogP) is 3.95. The van der Waals surface area contributed by atoms with Gasteiger partial charge in [-0.15, -0.1) is 11.3 Å². The van der Waals surface area contributed by atoms with Gasteiger partial charge in [-0.25, -0.2) is 0 Å². The van der Waals surface area contributed by atoms with Crippen LogP contribution in [0.15, 0.2) is 16.2 Å². The standard InChI is InChI=1S/C23H33N3O2S/c1-14-10-15(2)25-23(28)19(14)12-24-22(27)20-13-29-21(16(20)3)11-17-6-8-18(9-7-17)26(4)5/h10,13,17-18H,6-9,11-12H2,1-5H3,(H,24,27)(H,25,28). The van der Waals surface area contributed by atoms with Gasteiger partial charge in [0.1, 0.15) is 0 Å². The predicted molar refractivity (Wildman–Crippen MR) is 120 cm³/mol. The summed E-state index contributed by atoms with van der Waals surface area (Å²) in [6.45, 7) is 6.07. The van der Waals surface area contributed by atoms with Crippen molar-refractivity contribution in [3.05, 3.63) is 54.6 Å². The maximum absolute atomic E-state index is 12.7. The summed E-state index contributed by atoms with van der Waals surface area (Å²) in [7, 11) is 4.34. The van der Waals surface area contributed by atoms with Crippen LogP contribution in [0.3, 0.4) is 0 Å². The Bertz CT molecular complexity index is 921. The van der Waals surface area contributed by atoms with Gasteiger partial charge in [-0.2, -0.15) is 0 Å². The fourth-order valence-electron chi connectivity index (χ4n) is 4.37. The summed E-state index contributed by atoms with van der Waals surface area (Å²) in [6, 6.07) is 2.65. The number of amides is 1. The molecule has 29 heavy (non-hydrogen) atoms. The Hall–Kier alpha value is -1.92. The fourth-order valence-corrected chi connectivity index (χ4v) is 5.54. The van der Waals surface area contributed by atoms with E-state index in [1.807, 2.05) is 25.3 Å². The maximum atomic E-state index is 12.7. The number of hydrogen-bond donors (Lipinski definition) is 2. The van der Waals surface area contributed by atoms with Crippen molar-refractivity contribution >= 4 is 17.2 Å². The lowest BCUT2D eigenvalue weighted by Gasteiger charge is -2.32. The summed E-state index contributed by atoms with van der Waals surface area (Å²) in [5.41, 5.74) is 4.07. The molecule has 2 aromatic heterocycles. The molecule has 0 unspecified atom stereocenters. The van der Waals surface area contributed by atoms with Gasteiger partial charge in [-0.1, -0.05) is 0 Å². The van der Waals surface area contributed by atoms with Gasteiger partial charge < -0.3 is 15.2 Å². The van der Waals surface area contributed by atoms with Crippen LogP contribution < -0.4 is 10.9 Å². The first-order chi connectivity index (χ1) is 13.8. The average Bonchev–Trinajstić information content (AvgIpc) is 3.01. The second-order valence-electron chi connectivity index (χ2n) is 8.67. The molecule has 1 saturated carbocycles. The van der Waals surface area contributed by atoms with Crippen molar-refractivity contribution in [3.8, 4) is 0 Å². The van der Waals surface area contributed by atoms with Gasteiger partial charge in [0.25, 0.3) is 11.5 Å². The minimum Gasteiger partial charge on any atom is -0.348 e. The molecule has 0 bridgehead atoms. The van der Waals surface area contributed by atoms with E-state index >= 15 is 0 Å². The zero-order valence-electron chi connectivity index (χ0n) is 18.2. The lowest BCUT2D eigenvalue weighted by Crippen LogP contribution is -2.32. The van der Waals surface area contributed by atoms with Crippen LogP contribution >= 0.6 is 11.3 Å². The Morgan fingerprint density at radius 1 is 1.21 bits per heavy atom. The number of nitrogens with zero attached hydrogens (tertiary/aromatic N) is 1. The number of aromatic nitrogens is 1.